The molecule has 2 amide bonds. The van der Waals surface area contributed by atoms with Crippen LogP contribution in [0.3, 0.4) is 0 Å². The summed E-state index contributed by atoms with van der Waals surface area (Å²) in [6.45, 7) is 2.44. The molecule has 0 fully saturated rings. The second kappa shape index (κ2) is 8.68. The van der Waals surface area contributed by atoms with E-state index >= 15 is 0 Å². The number of furan rings is 1. The van der Waals surface area contributed by atoms with Crippen LogP contribution in [0.5, 0.6) is 5.75 Å². The molecule has 0 unspecified atom stereocenters. The molecule has 0 bridgehead atoms. The largest absolute Gasteiger partial charge is 0.493 e. The third kappa shape index (κ3) is 4.37. The predicted molar refractivity (Wildman–Crippen MR) is 120 cm³/mol. The highest BCUT2D eigenvalue weighted by molar-refractivity contribution is 9.10. The fourth-order valence-corrected chi connectivity index (χ4v) is 4.13. The summed E-state index contributed by atoms with van der Waals surface area (Å²) in [5.41, 5.74) is 1.85. The Morgan fingerprint density at radius 2 is 2.00 bits per heavy atom. The van der Waals surface area contributed by atoms with Gasteiger partial charge in [0.25, 0.3) is 11.8 Å². The van der Waals surface area contributed by atoms with Crippen LogP contribution in [0.4, 0.5) is 10.8 Å². The van der Waals surface area contributed by atoms with E-state index in [2.05, 4.69) is 31.5 Å². The zero-order chi connectivity index (χ0) is 21.1. The van der Waals surface area contributed by atoms with Crippen LogP contribution in [0.2, 0.25) is 0 Å². The number of ether oxygens (including phenoxy) is 1. The number of fused-ring (bicyclic) bond motifs is 1. The van der Waals surface area contributed by atoms with Gasteiger partial charge in [-0.15, -0.1) is 0 Å². The van der Waals surface area contributed by atoms with Crippen molar-refractivity contribution in [2.75, 3.05) is 17.2 Å². The maximum atomic E-state index is 12.6. The molecule has 4 rings (SSSR count). The number of nitrogens with zero attached hydrogens (tertiary/aromatic N) is 1. The van der Waals surface area contributed by atoms with Gasteiger partial charge in [0.15, 0.2) is 10.9 Å². The molecule has 2 aromatic heterocycles. The Labute approximate surface area is 184 Å². The highest BCUT2D eigenvalue weighted by Gasteiger charge is 2.14. The van der Waals surface area contributed by atoms with E-state index < -0.39 is 0 Å². The molecule has 0 aliphatic heterocycles. The number of hydrogen-bond acceptors (Lipinski definition) is 6. The van der Waals surface area contributed by atoms with E-state index in [1.54, 1.807) is 42.5 Å². The van der Waals surface area contributed by atoms with Gasteiger partial charge in [0.2, 0.25) is 0 Å². The third-order valence-electron chi connectivity index (χ3n) is 4.11. The molecule has 0 atom stereocenters. The lowest BCUT2D eigenvalue weighted by atomic mass is 10.2. The van der Waals surface area contributed by atoms with Gasteiger partial charge >= 0.3 is 0 Å². The van der Waals surface area contributed by atoms with Crippen molar-refractivity contribution in [3.63, 3.8) is 0 Å². The van der Waals surface area contributed by atoms with Crippen molar-refractivity contribution in [2.45, 2.75) is 6.92 Å². The first-order valence-electron chi connectivity index (χ1n) is 9.02. The number of benzene rings is 2. The summed E-state index contributed by atoms with van der Waals surface area (Å²) in [6, 6.07) is 13.8. The lowest BCUT2D eigenvalue weighted by molar-refractivity contribution is 0.0994. The Morgan fingerprint density at radius 3 is 2.73 bits per heavy atom. The summed E-state index contributed by atoms with van der Waals surface area (Å²) in [5, 5.41) is 6.04. The predicted octanol–water partition coefficient (Wildman–Crippen LogP) is 5.56. The molecule has 0 saturated carbocycles. The number of hydrogen-bond donors (Lipinski definition) is 2. The van der Waals surface area contributed by atoms with Gasteiger partial charge in [-0.25, -0.2) is 4.98 Å². The summed E-state index contributed by atoms with van der Waals surface area (Å²) in [4.78, 5) is 29.1. The summed E-state index contributed by atoms with van der Waals surface area (Å²) in [5.74, 6) is 0.288. The number of carbonyl (C=O) groups is 2. The van der Waals surface area contributed by atoms with Crippen LogP contribution in [0.15, 0.2) is 63.7 Å². The number of thiazole rings is 1. The number of halogens is 1. The molecule has 0 aliphatic carbocycles. The van der Waals surface area contributed by atoms with Crippen molar-refractivity contribution < 1.29 is 18.7 Å². The molecule has 0 spiro atoms. The topological polar surface area (TPSA) is 93.5 Å². The second-order valence-corrected chi connectivity index (χ2v) is 8.05. The third-order valence-corrected chi connectivity index (χ3v) is 5.66. The number of carbonyl (C=O) groups excluding carboxylic acids is 2. The zero-order valence-electron chi connectivity index (χ0n) is 15.8. The van der Waals surface area contributed by atoms with E-state index in [0.29, 0.717) is 33.2 Å². The Kier molecular flexibility index (Phi) is 5.82. The van der Waals surface area contributed by atoms with Gasteiger partial charge in [-0.3, -0.25) is 14.9 Å². The van der Waals surface area contributed by atoms with Gasteiger partial charge in [0.05, 0.1) is 27.6 Å². The minimum Gasteiger partial charge on any atom is -0.493 e. The second-order valence-electron chi connectivity index (χ2n) is 6.17. The van der Waals surface area contributed by atoms with E-state index in [0.717, 1.165) is 10.2 Å². The van der Waals surface area contributed by atoms with E-state index in [-0.39, 0.29) is 17.6 Å². The minimum atomic E-state index is -0.367. The van der Waals surface area contributed by atoms with Gasteiger partial charge in [-0.05, 0) is 71.4 Å². The highest BCUT2D eigenvalue weighted by Crippen LogP contribution is 2.30. The summed E-state index contributed by atoms with van der Waals surface area (Å²) < 4.78 is 12.1. The molecule has 4 aromatic rings. The van der Waals surface area contributed by atoms with Gasteiger partial charge < -0.3 is 14.5 Å². The van der Waals surface area contributed by atoms with Crippen LogP contribution >= 0.6 is 27.3 Å². The fraction of sp³-hybridized carbons (Fsp3) is 0.0952. The van der Waals surface area contributed by atoms with Crippen molar-refractivity contribution in [3.8, 4) is 5.75 Å². The molecule has 7 nitrogen and oxygen atoms in total. The molecule has 0 radical (unpaired) electrons. The number of rotatable bonds is 6. The van der Waals surface area contributed by atoms with E-state index in [1.807, 2.05) is 13.0 Å². The summed E-state index contributed by atoms with van der Waals surface area (Å²) in [6.07, 6.45) is 1.44. The molecule has 9 heteroatoms. The molecule has 152 valence electrons. The lowest BCUT2D eigenvalue weighted by Gasteiger charge is -2.09. The molecule has 2 heterocycles. The maximum absolute atomic E-state index is 12.6. The quantitative estimate of drug-likeness (QED) is 0.373. The first kappa shape index (κ1) is 20.1. The van der Waals surface area contributed by atoms with Crippen LogP contribution in [-0.2, 0) is 0 Å². The highest BCUT2D eigenvalue weighted by atomic mass is 79.9. The molecule has 0 aliphatic rings. The molecule has 2 N–H and O–H groups in total. The van der Waals surface area contributed by atoms with Crippen molar-refractivity contribution in [3.05, 3.63) is 70.6 Å². The Hall–Kier alpha value is -3.17. The van der Waals surface area contributed by atoms with Gasteiger partial charge in [-0.1, -0.05) is 11.3 Å². The van der Waals surface area contributed by atoms with Crippen molar-refractivity contribution in [2.24, 2.45) is 0 Å². The van der Waals surface area contributed by atoms with Crippen LogP contribution in [0.1, 0.15) is 27.8 Å². The molecule has 0 saturated heterocycles. The average molecular weight is 486 g/mol. The summed E-state index contributed by atoms with van der Waals surface area (Å²) >= 11 is 4.73. The van der Waals surface area contributed by atoms with Gasteiger partial charge in [-0.2, -0.15) is 0 Å². The van der Waals surface area contributed by atoms with Crippen LogP contribution in [0.25, 0.3) is 10.2 Å². The standard InChI is InChI=1S/C21H16BrN3O4S/c1-2-28-16-8-5-12(10-14(16)22)19(26)23-13-6-7-15-18(11-13)30-21(24-15)25-20(27)17-4-3-9-29-17/h3-11H,2H2,1H3,(H,23,26)(H,24,25,27). The molecular weight excluding hydrogens is 470 g/mol. The van der Waals surface area contributed by atoms with Crippen LogP contribution in [0, 0.1) is 0 Å². The van der Waals surface area contributed by atoms with Crippen molar-refractivity contribution in [1.29, 1.82) is 0 Å². The zero-order valence-corrected chi connectivity index (χ0v) is 18.2. The van der Waals surface area contributed by atoms with Crippen molar-refractivity contribution >= 4 is 60.1 Å². The SMILES string of the molecule is CCOc1ccc(C(=O)Nc2ccc3nc(NC(=O)c4ccco4)sc3c2)cc1Br. The first-order valence-corrected chi connectivity index (χ1v) is 10.6. The Morgan fingerprint density at radius 1 is 1.13 bits per heavy atom. The number of anilines is 2. The van der Waals surface area contributed by atoms with E-state index in [4.69, 9.17) is 9.15 Å². The monoisotopic (exact) mass is 485 g/mol. The van der Waals surface area contributed by atoms with E-state index in [9.17, 15) is 9.59 Å². The number of aromatic nitrogens is 1. The normalized spacial score (nSPS) is 10.7. The molecular formula is C21H16BrN3O4S. The Bertz CT molecular complexity index is 1220. The Balaban J connectivity index is 1.49. The molecule has 30 heavy (non-hydrogen) atoms. The van der Waals surface area contributed by atoms with Gasteiger partial charge in [0, 0.05) is 11.3 Å². The van der Waals surface area contributed by atoms with Crippen molar-refractivity contribution in [1.82, 2.24) is 4.98 Å². The lowest BCUT2D eigenvalue weighted by Crippen LogP contribution is -2.11. The minimum absolute atomic E-state index is 0.212. The maximum Gasteiger partial charge on any atom is 0.293 e. The average Bonchev–Trinajstić information content (AvgIpc) is 3.39. The fourth-order valence-electron chi connectivity index (χ4n) is 2.74. The number of amides is 2. The van der Waals surface area contributed by atoms with Crippen LogP contribution < -0.4 is 15.4 Å². The number of nitrogens with one attached hydrogen (secondary N) is 2. The smallest absolute Gasteiger partial charge is 0.293 e. The van der Waals surface area contributed by atoms with Crippen LogP contribution in [-0.4, -0.2) is 23.4 Å². The summed E-state index contributed by atoms with van der Waals surface area (Å²) in [7, 11) is 0. The molecule has 2 aromatic carbocycles. The van der Waals surface area contributed by atoms with E-state index in [1.165, 1.54) is 17.6 Å². The van der Waals surface area contributed by atoms with Gasteiger partial charge in [0.1, 0.15) is 5.75 Å². The first-order chi connectivity index (χ1) is 14.5.